The van der Waals surface area contributed by atoms with E-state index in [0.29, 0.717) is 5.25 Å². The van der Waals surface area contributed by atoms with Gasteiger partial charge in [0.25, 0.3) is 0 Å². The van der Waals surface area contributed by atoms with Crippen molar-refractivity contribution < 1.29 is 5.11 Å². The third kappa shape index (κ3) is 2.13. The van der Waals surface area contributed by atoms with E-state index in [4.69, 9.17) is 0 Å². The van der Waals surface area contributed by atoms with E-state index in [0.717, 1.165) is 36.5 Å². The summed E-state index contributed by atoms with van der Waals surface area (Å²) in [4.78, 5) is 0. The molecule has 4 heteroatoms. The van der Waals surface area contributed by atoms with Crippen molar-refractivity contribution >= 4 is 11.8 Å². The van der Waals surface area contributed by atoms with Crippen LogP contribution in [-0.4, -0.2) is 31.5 Å². The summed E-state index contributed by atoms with van der Waals surface area (Å²) in [5.74, 6) is 1.07. The molecule has 2 atom stereocenters. The van der Waals surface area contributed by atoms with Crippen molar-refractivity contribution in [3.8, 4) is 0 Å². The first kappa shape index (κ1) is 12.0. The first-order valence-electron chi connectivity index (χ1n) is 5.92. The van der Waals surface area contributed by atoms with E-state index in [1.165, 1.54) is 0 Å². The van der Waals surface area contributed by atoms with Gasteiger partial charge < -0.3 is 5.11 Å². The minimum atomic E-state index is -0.538. The summed E-state index contributed by atoms with van der Waals surface area (Å²) in [6, 6.07) is 2.09. The normalized spacial score (nSPS) is 29.9. The highest BCUT2D eigenvalue weighted by Crippen LogP contribution is 2.37. The molecule has 0 bridgehead atoms. The van der Waals surface area contributed by atoms with Crippen LogP contribution in [0.1, 0.15) is 31.7 Å². The fraction of sp³-hybridized carbons (Fsp3) is 0.750. The molecule has 16 heavy (non-hydrogen) atoms. The third-order valence-electron chi connectivity index (χ3n) is 3.43. The van der Waals surface area contributed by atoms with Crippen LogP contribution in [0.3, 0.4) is 0 Å². The molecule has 0 aliphatic carbocycles. The maximum Gasteiger partial charge on any atom is 0.0826 e. The van der Waals surface area contributed by atoms with Crippen LogP contribution in [0.25, 0.3) is 0 Å². The smallest absolute Gasteiger partial charge is 0.0826 e. The van der Waals surface area contributed by atoms with Crippen LogP contribution in [0.15, 0.2) is 6.07 Å². The summed E-state index contributed by atoms with van der Waals surface area (Å²) in [6.45, 7) is 7.09. The van der Waals surface area contributed by atoms with Crippen LogP contribution >= 0.6 is 11.8 Å². The van der Waals surface area contributed by atoms with Crippen LogP contribution in [-0.2, 0) is 13.0 Å². The second-order valence-electron chi connectivity index (χ2n) is 4.64. The van der Waals surface area contributed by atoms with Crippen molar-refractivity contribution in [2.45, 2.75) is 51.0 Å². The van der Waals surface area contributed by atoms with E-state index in [1.807, 2.05) is 23.4 Å². The summed E-state index contributed by atoms with van der Waals surface area (Å²) in [5, 5.41) is 15.3. The number of aromatic nitrogens is 2. The Bertz CT molecular complexity index is 377. The number of aryl methyl sites for hydroxylation is 2. The van der Waals surface area contributed by atoms with Crippen molar-refractivity contribution in [2.24, 2.45) is 0 Å². The maximum absolute atomic E-state index is 10.6. The van der Waals surface area contributed by atoms with E-state index in [-0.39, 0.29) is 0 Å². The highest BCUT2D eigenvalue weighted by molar-refractivity contribution is 8.00. The van der Waals surface area contributed by atoms with Crippen LogP contribution in [0, 0.1) is 6.92 Å². The van der Waals surface area contributed by atoms with Gasteiger partial charge in [0, 0.05) is 23.9 Å². The second kappa shape index (κ2) is 4.41. The predicted molar refractivity (Wildman–Crippen MR) is 67.8 cm³/mol. The van der Waals surface area contributed by atoms with E-state index in [2.05, 4.69) is 25.0 Å². The fourth-order valence-corrected chi connectivity index (χ4v) is 3.67. The molecule has 1 aliphatic rings. The maximum atomic E-state index is 10.6. The first-order chi connectivity index (χ1) is 7.55. The monoisotopic (exact) mass is 240 g/mol. The van der Waals surface area contributed by atoms with Crippen molar-refractivity contribution in [3.63, 3.8) is 0 Å². The van der Waals surface area contributed by atoms with Crippen LogP contribution in [0.5, 0.6) is 0 Å². The van der Waals surface area contributed by atoms with Crippen molar-refractivity contribution in [3.05, 3.63) is 17.5 Å². The van der Waals surface area contributed by atoms with E-state index >= 15 is 0 Å². The Morgan fingerprint density at radius 1 is 1.69 bits per heavy atom. The van der Waals surface area contributed by atoms with Crippen LogP contribution < -0.4 is 0 Å². The van der Waals surface area contributed by atoms with Gasteiger partial charge in [-0.25, -0.2) is 0 Å². The van der Waals surface area contributed by atoms with Gasteiger partial charge in [-0.15, -0.1) is 0 Å². The molecule has 0 aromatic carbocycles. The number of aliphatic hydroxyl groups is 1. The number of rotatable bonds is 3. The number of hydrogen-bond acceptors (Lipinski definition) is 3. The van der Waals surface area contributed by atoms with E-state index in [1.54, 1.807) is 0 Å². The standard InChI is InChI=1S/C12H20N2OS/c1-4-14-11(7-9(2)13-14)8-12(15)5-6-16-10(12)3/h7,10,15H,4-6,8H2,1-3H3. The molecule has 1 aromatic heterocycles. The van der Waals surface area contributed by atoms with E-state index in [9.17, 15) is 5.11 Å². The van der Waals surface area contributed by atoms with Crippen molar-refractivity contribution in [1.29, 1.82) is 0 Å². The van der Waals surface area contributed by atoms with Gasteiger partial charge in [-0.2, -0.15) is 16.9 Å². The number of thioether (sulfide) groups is 1. The Kier molecular flexibility index (Phi) is 3.31. The summed E-state index contributed by atoms with van der Waals surface area (Å²) < 4.78 is 2.00. The average molecular weight is 240 g/mol. The average Bonchev–Trinajstić information content (AvgIpc) is 2.72. The second-order valence-corrected chi connectivity index (χ2v) is 6.08. The van der Waals surface area contributed by atoms with Gasteiger partial charge in [0.05, 0.1) is 11.3 Å². The van der Waals surface area contributed by atoms with Gasteiger partial charge in [-0.1, -0.05) is 6.92 Å². The SMILES string of the molecule is CCn1nc(C)cc1CC1(O)CCSC1C. The third-order valence-corrected chi connectivity index (χ3v) is 4.81. The first-order valence-corrected chi connectivity index (χ1v) is 6.97. The lowest BCUT2D eigenvalue weighted by molar-refractivity contribution is 0.0444. The zero-order valence-electron chi connectivity index (χ0n) is 10.2. The number of hydrogen-bond donors (Lipinski definition) is 1. The quantitative estimate of drug-likeness (QED) is 0.878. The lowest BCUT2D eigenvalue weighted by Gasteiger charge is -2.26. The zero-order chi connectivity index (χ0) is 11.8. The van der Waals surface area contributed by atoms with Crippen LogP contribution in [0.2, 0.25) is 0 Å². The Labute approximate surface area is 101 Å². The molecule has 0 spiro atoms. The van der Waals surface area contributed by atoms with Crippen molar-refractivity contribution in [2.75, 3.05) is 5.75 Å². The molecule has 0 radical (unpaired) electrons. The van der Waals surface area contributed by atoms with Gasteiger partial charge in [-0.05, 0) is 32.1 Å². The Hall–Kier alpha value is -0.480. The molecular formula is C12H20N2OS. The minimum Gasteiger partial charge on any atom is -0.388 e. The molecule has 0 saturated carbocycles. The summed E-state index contributed by atoms with van der Waals surface area (Å²) in [6.07, 6.45) is 1.63. The molecule has 1 saturated heterocycles. The molecule has 2 heterocycles. The van der Waals surface area contributed by atoms with Gasteiger partial charge in [0.1, 0.15) is 0 Å². The van der Waals surface area contributed by atoms with Gasteiger partial charge in [-0.3, -0.25) is 4.68 Å². The van der Waals surface area contributed by atoms with Gasteiger partial charge in [0.2, 0.25) is 0 Å². The van der Waals surface area contributed by atoms with E-state index < -0.39 is 5.60 Å². The summed E-state index contributed by atoms with van der Waals surface area (Å²) in [5.41, 5.74) is 1.67. The molecular weight excluding hydrogens is 220 g/mol. The van der Waals surface area contributed by atoms with Gasteiger partial charge >= 0.3 is 0 Å². The Morgan fingerprint density at radius 3 is 3.00 bits per heavy atom. The summed E-state index contributed by atoms with van der Waals surface area (Å²) >= 11 is 1.86. The highest BCUT2D eigenvalue weighted by atomic mass is 32.2. The van der Waals surface area contributed by atoms with Crippen molar-refractivity contribution in [1.82, 2.24) is 9.78 Å². The molecule has 1 aliphatic heterocycles. The predicted octanol–water partition coefficient (Wildman–Crippen LogP) is 2.01. The van der Waals surface area contributed by atoms with Gasteiger partial charge in [0.15, 0.2) is 0 Å². The fourth-order valence-electron chi connectivity index (χ4n) is 2.33. The summed E-state index contributed by atoms with van der Waals surface area (Å²) in [7, 11) is 0. The lowest BCUT2D eigenvalue weighted by Crippen LogP contribution is -2.37. The Balaban J connectivity index is 2.19. The van der Waals surface area contributed by atoms with Crippen LogP contribution in [0.4, 0.5) is 0 Å². The molecule has 1 N–H and O–H groups in total. The zero-order valence-corrected chi connectivity index (χ0v) is 11.0. The molecule has 90 valence electrons. The minimum absolute atomic E-state index is 0.327. The number of nitrogens with zero attached hydrogens (tertiary/aromatic N) is 2. The molecule has 1 aromatic rings. The molecule has 1 fully saturated rings. The molecule has 0 amide bonds. The largest absolute Gasteiger partial charge is 0.388 e. The molecule has 3 nitrogen and oxygen atoms in total. The lowest BCUT2D eigenvalue weighted by atomic mass is 9.91. The topological polar surface area (TPSA) is 38.0 Å². The molecule has 2 rings (SSSR count). The Morgan fingerprint density at radius 2 is 2.44 bits per heavy atom. The highest BCUT2D eigenvalue weighted by Gasteiger charge is 2.39. The molecule has 2 unspecified atom stereocenters.